The van der Waals surface area contributed by atoms with Crippen LogP contribution in [0.4, 0.5) is 0 Å². The standard InChI is InChI=1S/C71H141NO5/c1-3-5-7-9-11-13-15-17-36-41-45-49-53-57-61-65-71(76)77-66-62-58-54-50-46-42-38-35-33-31-29-27-25-23-21-19-18-20-22-24-26-28-30-32-34-37-40-44-48-52-56-60-64-70(75)72-68(67-73)69(74)63-59-55-51-47-43-39-16-14-12-10-8-6-4-2/h68-69,73-74H,3-67H2,1-2H3,(H,72,75). The van der Waals surface area contributed by atoms with Crippen molar-refractivity contribution in [3.05, 3.63) is 0 Å². The summed E-state index contributed by atoms with van der Waals surface area (Å²) in [5.74, 6) is -0.00227. The maximum atomic E-state index is 12.5. The zero-order valence-electron chi connectivity index (χ0n) is 52.7. The van der Waals surface area contributed by atoms with Gasteiger partial charge < -0.3 is 20.3 Å². The van der Waals surface area contributed by atoms with Crippen LogP contribution in [0.5, 0.6) is 0 Å². The molecule has 2 unspecified atom stereocenters. The Morgan fingerprint density at radius 1 is 0.312 bits per heavy atom. The highest BCUT2D eigenvalue weighted by Gasteiger charge is 2.20. The minimum absolute atomic E-state index is 0.0252. The van der Waals surface area contributed by atoms with Crippen LogP contribution < -0.4 is 5.32 Å². The molecule has 0 aromatic heterocycles. The Hall–Kier alpha value is -1.14. The zero-order chi connectivity index (χ0) is 55.7. The topological polar surface area (TPSA) is 95.9 Å². The molecule has 6 nitrogen and oxygen atoms in total. The summed E-state index contributed by atoms with van der Waals surface area (Å²) in [5, 5.41) is 23.3. The number of nitrogens with one attached hydrogen (secondary N) is 1. The molecule has 6 heteroatoms. The molecular formula is C71H141NO5. The van der Waals surface area contributed by atoms with Gasteiger partial charge in [0.2, 0.25) is 5.91 Å². The molecule has 77 heavy (non-hydrogen) atoms. The summed E-state index contributed by atoms with van der Waals surface area (Å²) >= 11 is 0. The Labute approximate surface area is 483 Å². The first-order chi connectivity index (χ1) is 38.0. The number of hydrogen-bond donors (Lipinski definition) is 3. The molecule has 0 aliphatic carbocycles. The molecule has 0 aliphatic rings. The van der Waals surface area contributed by atoms with Gasteiger partial charge >= 0.3 is 5.97 Å². The first kappa shape index (κ1) is 75.9. The van der Waals surface area contributed by atoms with Crippen molar-refractivity contribution in [1.29, 1.82) is 0 Å². The van der Waals surface area contributed by atoms with Crippen molar-refractivity contribution in [1.82, 2.24) is 5.32 Å². The van der Waals surface area contributed by atoms with E-state index in [1.807, 2.05) is 0 Å². The number of carbonyl (C=O) groups excluding carboxylic acids is 2. The van der Waals surface area contributed by atoms with Crippen molar-refractivity contribution in [3.8, 4) is 0 Å². The molecule has 0 radical (unpaired) electrons. The molecule has 2 atom stereocenters. The summed E-state index contributed by atoms with van der Waals surface area (Å²) in [6.45, 7) is 5.00. The second-order valence-corrected chi connectivity index (χ2v) is 24.9. The molecular weight excluding hydrogens is 947 g/mol. The zero-order valence-corrected chi connectivity index (χ0v) is 52.7. The minimum Gasteiger partial charge on any atom is -0.466 e. The highest BCUT2D eigenvalue weighted by Crippen LogP contribution is 2.20. The van der Waals surface area contributed by atoms with Gasteiger partial charge in [0.1, 0.15) is 0 Å². The Morgan fingerprint density at radius 3 is 0.792 bits per heavy atom. The van der Waals surface area contributed by atoms with Gasteiger partial charge in [0, 0.05) is 12.8 Å². The van der Waals surface area contributed by atoms with Gasteiger partial charge in [-0.25, -0.2) is 0 Å². The largest absolute Gasteiger partial charge is 0.466 e. The molecule has 0 aromatic carbocycles. The summed E-state index contributed by atoms with van der Waals surface area (Å²) in [4.78, 5) is 24.6. The third kappa shape index (κ3) is 63.9. The normalized spacial score (nSPS) is 12.4. The lowest BCUT2D eigenvalue weighted by atomic mass is 10.0. The van der Waals surface area contributed by atoms with Crippen molar-refractivity contribution in [2.24, 2.45) is 0 Å². The van der Waals surface area contributed by atoms with Gasteiger partial charge in [-0.2, -0.15) is 0 Å². The second-order valence-electron chi connectivity index (χ2n) is 24.9. The summed E-state index contributed by atoms with van der Waals surface area (Å²) in [6, 6.07) is -0.536. The van der Waals surface area contributed by atoms with Crippen LogP contribution in [0.3, 0.4) is 0 Å². The Bertz CT molecular complexity index is 1120. The number of aliphatic hydroxyl groups excluding tert-OH is 2. The Kier molecular flexibility index (Phi) is 66.4. The summed E-state index contributed by atoms with van der Waals surface area (Å²) in [5.41, 5.74) is 0. The van der Waals surface area contributed by atoms with Crippen LogP contribution in [0.15, 0.2) is 0 Å². The van der Waals surface area contributed by atoms with E-state index in [1.54, 1.807) is 0 Å². The van der Waals surface area contributed by atoms with E-state index < -0.39 is 12.1 Å². The van der Waals surface area contributed by atoms with Crippen LogP contribution in [0.2, 0.25) is 0 Å². The van der Waals surface area contributed by atoms with Gasteiger partial charge in [0.05, 0.1) is 25.4 Å². The second kappa shape index (κ2) is 67.4. The van der Waals surface area contributed by atoms with Crippen LogP contribution in [-0.4, -0.2) is 47.4 Å². The maximum absolute atomic E-state index is 12.5. The van der Waals surface area contributed by atoms with Crippen molar-refractivity contribution in [2.75, 3.05) is 13.2 Å². The Morgan fingerprint density at radius 2 is 0.532 bits per heavy atom. The predicted molar refractivity (Wildman–Crippen MR) is 338 cm³/mol. The molecule has 0 spiro atoms. The van der Waals surface area contributed by atoms with Crippen molar-refractivity contribution in [2.45, 2.75) is 431 Å². The van der Waals surface area contributed by atoms with E-state index in [0.29, 0.717) is 25.9 Å². The molecule has 3 N–H and O–H groups in total. The number of amides is 1. The van der Waals surface area contributed by atoms with Gasteiger partial charge in [-0.3, -0.25) is 9.59 Å². The monoisotopic (exact) mass is 1090 g/mol. The molecule has 0 fully saturated rings. The summed E-state index contributed by atoms with van der Waals surface area (Å²) in [6.07, 6.45) is 81.7. The minimum atomic E-state index is -0.659. The Balaban J connectivity index is 3.29. The fourth-order valence-corrected chi connectivity index (χ4v) is 11.7. The lowest BCUT2D eigenvalue weighted by molar-refractivity contribution is -0.143. The van der Waals surface area contributed by atoms with E-state index in [1.165, 1.54) is 347 Å². The lowest BCUT2D eigenvalue weighted by Crippen LogP contribution is -2.45. The fourth-order valence-electron chi connectivity index (χ4n) is 11.7. The van der Waals surface area contributed by atoms with Gasteiger partial charge in [0.25, 0.3) is 0 Å². The third-order valence-electron chi connectivity index (χ3n) is 17.2. The van der Waals surface area contributed by atoms with Crippen LogP contribution in [0, 0.1) is 0 Å². The van der Waals surface area contributed by atoms with Crippen molar-refractivity contribution < 1.29 is 24.5 Å². The van der Waals surface area contributed by atoms with E-state index >= 15 is 0 Å². The molecule has 1 amide bonds. The number of unbranched alkanes of at least 4 members (excludes halogenated alkanes) is 57. The third-order valence-corrected chi connectivity index (χ3v) is 17.2. The summed E-state index contributed by atoms with van der Waals surface area (Å²) < 4.78 is 5.50. The first-order valence-electron chi connectivity index (χ1n) is 35.8. The number of esters is 1. The molecule has 0 saturated heterocycles. The lowest BCUT2D eigenvalue weighted by Gasteiger charge is -2.22. The smallest absolute Gasteiger partial charge is 0.305 e. The first-order valence-corrected chi connectivity index (χ1v) is 35.8. The van der Waals surface area contributed by atoms with Crippen molar-refractivity contribution in [3.63, 3.8) is 0 Å². The highest BCUT2D eigenvalue weighted by atomic mass is 16.5. The molecule has 0 heterocycles. The number of hydrogen-bond acceptors (Lipinski definition) is 5. The van der Waals surface area contributed by atoms with Crippen molar-refractivity contribution >= 4 is 11.9 Å². The molecule has 0 rings (SSSR count). The van der Waals surface area contributed by atoms with E-state index in [0.717, 1.165) is 38.5 Å². The SMILES string of the molecule is CCCCCCCCCCCCCCCCCC(=O)OCCCCCCCCCCCCCCCCCCCCCCCCCCCCCCCCCCC(=O)NC(CO)C(O)CCCCCCCCCCCCCCC. The fraction of sp³-hybridized carbons (Fsp3) is 0.972. The van der Waals surface area contributed by atoms with Crippen LogP contribution in [0.25, 0.3) is 0 Å². The molecule has 460 valence electrons. The number of ether oxygens (including phenoxy) is 1. The van der Waals surface area contributed by atoms with Gasteiger partial charge in [0.15, 0.2) is 0 Å². The molecule has 0 saturated carbocycles. The van der Waals surface area contributed by atoms with Crippen LogP contribution >= 0.6 is 0 Å². The van der Waals surface area contributed by atoms with Gasteiger partial charge in [-0.1, -0.05) is 380 Å². The van der Waals surface area contributed by atoms with E-state index in [4.69, 9.17) is 4.74 Å². The summed E-state index contributed by atoms with van der Waals surface area (Å²) in [7, 11) is 0. The number of rotatable bonds is 68. The van der Waals surface area contributed by atoms with Gasteiger partial charge in [-0.15, -0.1) is 0 Å². The van der Waals surface area contributed by atoms with E-state index in [2.05, 4.69) is 19.2 Å². The van der Waals surface area contributed by atoms with Gasteiger partial charge in [-0.05, 0) is 25.7 Å². The highest BCUT2D eigenvalue weighted by molar-refractivity contribution is 5.76. The average molecular weight is 1090 g/mol. The van der Waals surface area contributed by atoms with Crippen LogP contribution in [-0.2, 0) is 14.3 Å². The van der Waals surface area contributed by atoms with E-state index in [9.17, 15) is 19.8 Å². The molecule has 0 bridgehead atoms. The number of carbonyl (C=O) groups is 2. The maximum Gasteiger partial charge on any atom is 0.305 e. The molecule has 0 aromatic rings. The predicted octanol–water partition coefficient (Wildman–Crippen LogP) is 23.0. The van der Waals surface area contributed by atoms with E-state index in [-0.39, 0.29) is 18.5 Å². The molecule has 0 aliphatic heterocycles. The quantitative estimate of drug-likeness (QED) is 0.0417. The van der Waals surface area contributed by atoms with Crippen LogP contribution in [0.1, 0.15) is 418 Å². The average Bonchev–Trinajstić information content (AvgIpc) is 3.43. The number of aliphatic hydroxyl groups is 2.